The number of benzene rings is 1. The van der Waals surface area contributed by atoms with Gasteiger partial charge in [-0.05, 0) is 43.6 Å². The lowest BCUT2D eigenvalue weighted by atomic mass is 10.3. The highest BCUT2D eigenvalue weighted by molar-refractivity contribution is 9.10. The van der Waals surface area contributed by atoms with E-state index < -0.39 is 0 Å². The normalized spacial score (nSPS) is 11.5. The number of fused-ring (bicyclic) bond motifs is 1. The van der Waals surface area contributed by atoms with Crippen molar-refractivity contribution in [2.24, 2.45) is 0 Å². The molecule has 0 saturated heterocycles. The van der Waals surface area contributed by atoms with Gasteiger partial charge in [0, 0.05) is 6.07 Å². The molecule has 0 saturated carbocycles. The molecule has 1 aromatic carbocycles. The average molecular weight is 345 g/mol. The Labute approximate surface area is 125 Å². The van der Waals surface area contributed by atoms with Crippen molar-refractivity contribution >= 4 is 42.6 Å². The molecule has 0 amide bonds. The summed E-state index contributed by atoms with van der Waals surface area (Å²) in [5.41, 5.74) is 6.58. The van der Waals surface area contributed by atoms with Crippen molar-refractivity contribution in [3.63, 3.8) is 0 Å². The molecule has 104 valence electrons. The highest BCUT2D eigenvalue weighted by atomic mass is 79.9. The zero-order valence-corrected chi connectivity index (χ0v) is 13.8. The first kappa shape index (κ1) is 14.4. The van der Waals surface area contributed by atoms with Gasteiger partial charge in [0.1, 0.15) is 11.3 Å². The predicted octanol–water partition coefficient (Wildman–Crippen LogP) is 4.22. The summed E-state index contributed by atoms with van der Waals surface area (Å²) in [4.78, 5) is 4.33. The van der Waals surface area contributed by atoms with Crippen molar-refractivity contribution < 1.29 is 9.47 Å². The van der Waals surface area contributed by atoms with E-state index in [0.29, 0.717) is 10.9 Å². The molecular formula is C13H17BrN2O2S. The molecule has 2 N–H and O–H groups in total. The van der Waals surface area contributed by atoms with E-state index in [0.717, 1.165) is 20.4 Å². The molecule has 0 radical (unpaired) electrons. The maximum absolute atomic E-state index is 5.81. The number of nitrogens with zero attached hydrogens (tertiary/aromatic N) is 1. The minimum Gasteiger partial charge on any atom is -0.490 e. The second kappa shape index (κ2) is 5.54. The lowest BCUT2D eigenvalue weighted by Crippen LogP contribution is -2.09. The highest BCUT2D eigenvalue weighted by Crippen LogP contribution is 2.43. The molecule has 0 fully saturated rings. The lowest BCUT2D eigenvalue weighted by Gasteiger charge is -2.15. The zero-order chi connectivity index (χ0) is 14.2. The Morgan fingerprint density at radius 1 is 1.16 bits per heavy atom. The van der Waals surface area contributed by atoms with Crippen LogP contribution in [0.2, 0.25) is 0 Å². The summed E-state index contributed by atoms with van der Waals surface area (Å²) in [7, 11) is 0. The van der Waals surface area contributed by atoms with Crippen molar-refractivity contribution in [3.05, 3.63) is 10.5 Å². The molecule has 6 heteroatoms. The van der Waals surface area contributed by atoms with Crippen LogP contribution >= 0.6 is 27.3 Å². The van der Waals surface area contributed by atoms with E-state index in [9.17, 15) is 0 Å². The number of hydrogen-bond donors (Lipinski definition) is 1. The Morgan fingerprint density at radius 3 is 2.32 bits per heavy atom. The number of aromatic nitrogens is 1. The number of rotatable bonds is 4. The molecule has 0 aliphatic heterocycles. The summed E-state index contributed by atoms with van der Waals surface area (Å²) < 4.78 is 13.4. The Hall–Kier alpha value is -1.01. The number of thiazole rings is 1. The van der Waals surface area contributed by atoms with E-state index in [1.807, 2.05) is 33.8 Å². The smallest absolute Gasteiger partial charge is 0.181 e. The number of nitrogens with two attached hydrogens (primary N) is 1. The Kier molecular flexibility index (Phi) is 4.20. The monoisotopic (exact) mass is 344 g/mol. The van der Waals surface area contributed by atoms with Gasteiger partial charge < -0.3 is 15.2 Å². The van der Waals surface area contributed by atoms with Crippen LogP contribution in [-0.2, 0) is 0 Å². The van der Waals surface area contributed by atoms with Gasteiger partial charge in [-0.1, -0.05) is 11.3 Å². The number of ether oxygens (including phenoxy) is 2. The van der Waals surface area contributed by atoms with Crippen LogP contribution in [0.1, 0.15) is 27.7 Å². The van der Waals surface area contributed by atoms with Crippen LogP contribution in [0.25, 0.3) is 10.2 Å². The molecule has 0 spiro atoms. The van der Waals surface area contributed by atoms with Gasteiger partial charge in [0.05, 0.1) is 21.4 Å². The minimum atomic E-state index is 0.0687. The van der Waals surface area contributed by atoms with E-state index in [1.165, 1.54) is 11.3 Å². The molecule has 2 aromatic rings. The van der Waals surface area contributed by atoms with Gasteiger partial charge in [-0.2, -0.15) is 0 Å². The molecule has 0 unspecified atom stereocenters. The predicted molar refractivity (Wildman–Crippen MR) is 83.3 cm³/mol. The van der Waals surface area contributed by atoms with E-state index in [1.54, 1.807) is 0 Å². The highest BCUT2D eigenvalue weighted by Gasteiger charge is 2.18. The quantitative estimate of drug-likeness (QED) is 0.902. The summed E-state index contributed by atoms with van der Waals surface area (Å²) in [5, 5.41) is 0.519. The van der Waals surface area contributed by atoms with E-state index in [-0.39, 0.29) is 12.2 Å². The Bertz CT molecular complexity index is 596. The van der Waals surface area contributed by atoms with Gasteiger partial charge in [-0.15, -0.1) is 0 Å². The number of hydrogen-bond acceptors (Lipinski definition) is 5. The molecule has 0 bridgehead atoms. The van der Waals surface area contributed by atoms with Crippen LogP contribution < -0.4 is 15.2 Å². The summed E-state index contributed by atoms with van der Waals surface area (Å²) in [6, 6.07) is 1.87. The van der Waals surface area contributed by atoms with Gasteiger partial charge >= 0.3 is 0 Å². The molecule has 0 aliphatic rings. The van der Waals surface area contributed by atoms with Crippen molar-refractivity contribution in [3.8, 4) is 11.5 Å². The fraction of sp³-hybridized carbons (Fsp3) is 0.462. The van der Waals surface area contributed by atoms with Crippen molar-refractivity contribution in [2.45, 2.75) is 39.9 Å². The van der Waals surface area contributed by atoms with Crippen LogP contribution in [0.3, 0.4) is 0 Å². The maximum Gasteiger partial charge on any atom is 0.181 e. The third-order valence-corrected chi connectivity index (χ3v) is 4.23. The molecular weight excluding hydrogens is 328 g/mol. The number of halogens is 1. The molecule has 1 aromatic heterocycles. The third-order valence-electron chi connectivity index (χ3n) is 2.28. The standard InChI is InChI=1S/C13H17BrN2O2S/c1-6(2)17-8-5-9(18-7(3)4)11-12(10(8)14)19-13(15)16-11/h5-7H,1-4H3,(H2,15,16). The second-order valence-electron chi connectivity index (χ2n) is 4.75. The van der Waals surface area contributed by atoms with Crippen LogP contribution in [0, 0.1) is 0 Å². The first-order valence-corrected chi connectivity index (χ1v) is 7.71. The van der Waals surface area contributed by atoms with E-state index in [2.05, 4.69) is 20.9 Å². The molecule has 4 nitrogen and oxygen atoms in total. The Balaban J connectivity index is 2.60. The minimum absolute atomic E-state index is 0.0687. The maximum atomic E-state index is 5.81. The Morgan fingerprint density at radius 2 is 1.74 bits per heavy atom. The van der Waals surface area contributed by atoms with Crippen molar-refractivity contribution in [1.29, 1.82) is 0 Å². The van der Waals surface area contributed by atoms with Gasteiger partial charge in [-0.3, -0.25) is 0 Å². The summed E-state index contributed by atoms with van der Waals surface area (Å²) >= 11 is 4.98. The topological polar surface area (TPSA) is 57.4 Å². The molecule has 2 rings (SSSR count). The van der Waals surface area contributed by atoms with Crippen LogP contribution in [-0.4, -0.2) is 17.2 Å². The van der Waals surface area contributed by atoms with Crippen molar-refractivity contribution in [1.82, 2.24) is 4.98 Å². The van der Waals surface area contributed by atoms with Crippen molar-refractivity contribution in [2.75, 3.05) is 5.73 Å². The van der Waals surface area contributed by atoms with Gasteiger partial charge in [0.25, 0.3) is 0 Å². The summed E-state index contributed by atoms with van der Waals surface area (Å²) in [6.45, 7) is 7.93. The largest absolute Gasteiger partial charge is 0.490 e. The van der Waals surface area contributed by atoms with Gasteiger partial charge in [0.2, 0.25) is 0 Å². The molecule has 0 atom stereocenters. The van der Waals surface area contributed by atoms with Gasteiger partial charge in [-0.25, -0.2) is 4.98 Å². The van der Waals surface area contributed by atoms with Gasteiger partial charge in [0.15, 0.2) is 10.9 Å². The fourth-order valence-electron chi connectivity index (χ4n) is 1.70. The number of nitrogen functional groups attached to an aromatic ring is 1. The zero-order valence-electron chi connectivity index (χ0n) is 11.4. The number of anilines is 1. The third kappa shape index (κ3) is 3.12. The lowest BCUT2D eigenvalue weighted by molar-refractivity contribution is 0.230. The molecule has 1 heterocycles. The fourth-order valence-corrected chi connectivity index (χ4v) is 3.12. The van der Waals surface area contributed by atoms with E-state index in [4.69, 9.17) is 15.2 Å². The van der Waals surface area contributed by atoms with Crippen LogP contribution in [0.4, 0.5) is 5.13 Å². The summed E-state index contributed by atoms with van der Waals surface area (Å²) in [6.07, 6.45) is 0.158. The van der Waals surface area contributed by atoms with Crippen LogP contribution in [0.15, 0.2) is 10.5 Å². The van der Waals surface area contributed by atoms with E-state index >= 15 is 0 Å². The molecule has 19 heavy (non-hydrogen) atoms. The SMILES string of the molecule is CC(C)Oc1cc(OC(C)C)c2nc(N)sc2c1Br. The molecule has 0 aliphatic carbocycles. The second-order valence-corrected chi connectivity index (χ2v) is 6.57. The van der Waals surface area contributed by atoms with Crippen LogP contribution in [0.5, 0.6) is 11.5 Å². The first-order chi connectivity index (χ1) is 8.88. The average Bonchev–Trinajstić information content (AvgIpc) is 2.66. The first-order valence-electron chi connectivity index (χ1n) is 6.10. The summed E-state index contributed by atoms with van der Waals surface area (Å²) in [5.74, 6) is 1.46.